The number of rotatable bonds is 6. The summed E-state index contributed by atoms with van der Waals surface area (Å²) in [6, 6.07) is 13.8. The first-order chi connectivity index (χ1) is 9.46. The van der Waals surface area contributed by atoms with Crippen molar-refractivity contribution in [3.8, 4) is 0 Å². The molecule has 2 rings (SSSR count). The highest BCUT2D eigenvalue weighted by Crippen LogP contribution is 2.28. The molecule has 1 heterocycles. The van der Waals surface area contributed by atoms with Gasteiger partial charge >= 0.3 is 0 Å². The van der Waals surface area contributed by atoms with Crippen molar-refractivity contribution in [1.82, 2.24) is 0 Å². The summed E-state index contributed by atoms with van der Waals surface area (Å²) < 4.78 is 28.3. The fraction of sp³-hybridized carbons (Fsp3) is 0.333. The SMILES string of the molecule is CC(c1cccs1)C(Cc1ccccc1)OS(C)(=O)=O. The van der Waals surface area contributed by atoms with E-state index in [0.717, 1.165) is 16.7 Å². The molecule has 0 radical (unpaired) electrons. The lowest BCUT2D eigenvalue weighted by Crippen LogP contribution is -2.25. The molecule has 0 amide bonds. The fourth-order valence-corrected chi connectivity index (χ4v) is 3.62. The monoisotopic (exact) mass is 310 g/mol. The molecule has 5 heteroatoms. The highest BCUT2D eigenvalue weighted by atomic mass is 32.2. The highest BCUT2D eigenvalue weighted by Gasteiger charge is 2.24. The molecular formula is C15H18O3S2. The van der Waals surface area contributed by atoms with Gasteiger partial charge in [-0.25, -0.2) is 0 Å². The minimum atomic E-state index is -3.47. The molecule has 0 aliphatic rings. The van der Waals surface area contributed by atoms with Gasteiger partial charge in [0.05, 0.1) is 12.4 Å². The molecule has 0 aliphatic carbocycles. The van der Waals surface area contributed by atoms with Gasteiger partial charge < -0.3 is 0 Å². The average molecular weight is 310 g/mol. The summed E-state index contributed by atoms with van der Waals surface area (Å²) in [6.45, 7) is 2.00. The Labute approximate surface area is 124 Å². The van der Waals surface area contributed by atoms with Crippen LogP contribution >= 0.6 is 11.3 Å². The minimum absolute atomic E-state index is 0.0323. The first kappa shape index (κ1) is 15.2. The average Bonchev–Trinajstić information content (AvgIpc) is 2.90. The molecule has 2 atom stereocenters. The van der Waals surface area contributed by atoms with Crippen LogP contribution in [-0.4, -0.2) is 20.8 Å². The maximum absolute atomic E-state index is 11.5. The lowest BCUT2D eigenvalue weighted by Gasteiger charge is -2.22. The molecule has 0 N–H and O–H groups in total. The number of thiophene rings is 1. The Bertz CT molecular complexity index is 618. The van der Waals surface area contributed by atoms with E-state index in [1.54, 1.807) is 11.3 Å². The van der Waals surface area contributed by atoms with Gasteiger partial charge in [0.15, 0.2) is 0 Å². The molecule has 0 saturated heterocycles. The van der Waals surface area contributed by atoms with Crippen LogP contribution in [0.2, 0.25) is 0 Å². The van der Waals surface area contributed by atoms with Gasteiger partial charge in [-0.05, 0) is 17.0 Å². The van der Waals surface area contributed by atoms with Crippen LogP contribution in [0.3, 0.4) is 0 Å². The number of hydrogen-bond acceptors (Lipinski definition) is 4. The summed E-state index contributed by atoms with van der Waals surface area (Å²) in [6.07, 6.45) is 1.30. The van der Waals surface area contributed by atoms with Crippen molar-refractivity contribution in [3.63, 3.8) is 0 Å². The van der Waals surface area contributed by atoms with E-state index in [9.17, 15) is 8.42 Å². The summed E-state index contributed by atoms with van der Waals surface area (Å²) in [5.74, 6) is 0.0323. The normalized spacial score (nSPS) is 14.9. The van der Waals surface area contributed by atoms with Crippen LogP contribution in [0.1, 0.15) is 23.3 Å². The van der Waals surface area contributed by atoms with Crippen LogP contribution in [0.25, 0.3) is 0 Å². The van der Waals surface area contributed by atoms with E-state index in [4.69, 9.17) is 4.18 Å². The lowest BCUT2D eigenvalue weighted by molar-refractivity contribution is 0.187. The van der Waals surface area contributed by atoms with Crippen molar-refractivity contribution in [2.24, 2.45) is 0 Å². The third-order valence-electron chi connectivity index (χ3n) is 3.13. The largest absolute Gasteiger partial charge is 0.266 e. The molecule has 0 bridgehead atoms. The summed E-state index contributed by atoms with van der Waals surface area (Å²) in [4.78, 5) is 1.13. The topological polar surface area (TPSA) is 43.4 Å². The quantitative estimate of drug-likeness (QED) is 0.768. The van der Waals surface area contributed by atoms with Crippen LogP contribution in [0.15, 0.2) is 47.8 Å². The fourth-order valence-electron chi connectivity index (χ4n) is 2.10. The molecule has 0 spiro atoms. The first-order valence-corrected chi connectivity index (χ1v) is 9.11. The van der Waals surface area contributed by atoms with Crippen LogP contribution in [0.4, 0.5) is 0 Å². The molecule has 0 fully saturated rings. The minimum Gasteiger partial charge on any atom is -0.266 e. The first-order valence-electron chi connectivity index (χ1n) is 6.41. The molecule has 108 valence electrons. The molecule has 1 aromatic carbocycles. The van der Waals surface area contributed by atoms with Crippen molar-refractivity contribution in [2.45, 2.75) is 25.4 Å². The van der Waals surface area contributed by atoms with Crippen molar-refractivity contribution < 1.29 is 12.6 Å². The third-order valence-corrected chi connectivity index (χ3v) is 4.80. The smallest absolute Gasteiger partial charge is 0.264 e. The van der Waals surface area contributed by atoms with Crippen molar-refractivity contribution in [1.29, 1.82) is 0 Å². The maximum atomic E-state index is 11.5. The van der Waals surface area contributed by atoms with Crippen molar-refractivity contribution in [2.75, 3.05) is 6.26 Å². The summed E-state index contributed by atoms with van der Waals surface area (Å²) in [5.41, 5.74) is 1.07. The Kier molecular flexibility index (Phi) is 4.96. The summed E-state index contributed by atoms with van der Waals surface area (Å²) >= 11 is 1.62. The van der Waals surface area contributed by atoms with Gasteiger partial charge in [0.2, 0.25) is 0 Å². The molecule has 1 aromatic heterocycles. The van der Waals surface area contributed by atoms with Gasteiger partial charge in [0, 0.05) is 17.2 Å². The van der Waals surface area contributed by atoms with Crippen LogP contribution in [-0.2, 0) is 20.7 Å². The van der Waals surface area contributed by atoms with E-state index >= 15 is 0 Å². The molecule has 2 aromatic rings. The Morgan fingerprint density at radius 2 is 1.85 bits per heavy atom. The van der Waals surface area contributed by atoms with Gasteiger partial charge in [-0.1, -0.05) is 43.3 Å². The second-order valence-corrected chi connectivity index (χ2v) is 7.41. The van der Waals surface area contributed by atoms with Gasteiger partial charge in [0.1, 0.15) is 0 Å². The summed E-state index contributed by atoms with van der Waals surface area (Å²) in [5, 5.41) is 1.99. The molecule has 3 nitrogen and oxygen atoms in total. The number of benzene rings is 1. The lowest BCUT2D eigenvalue weighted by atomic mass is 9.96. The van der Waals surface area contributed by atoms with E-state index in [0.29, 0.717) is 6.42 Å². The molecule has 0 saturated carbocycles. The van der Waals surface area contributed by atoms with E-state index in [-0.39, 0.29) is 12.0 Å². The van der Waals surface area contributed by atoms with E-state index in [2.05, 4.69) is 0 Å². The standard InChI is InChI=1S/C15H18O3S2/c1-12(15-9-6-10-19-15)14(18-20(2,16)17)11-13-7-4-3-5-8-13/h3-10,12,14H,11H2,1-2H3. The second-order valence-electron chi connectivity index (χ2n) is 4.83. The highest BCUT2D eigenvalue weighted by molar-refractivity contribution is 7.86. The van der Waals surface area contributed by atoms with Crippen molar-refractivity contribution >= 4 is 21.5 Å². The molecule has 20 heavy (non-hydrogen) atoms. The predicted molar refractivity (Wildman–Crippen MR) is 82.6 cm³/mol. The zero-order chi connectivity index (χ0) is 14.6. The van der Waals surface area contributed by atoms with Gasteiger partial charge in [-0.2, -0.15) is 8.42 Å². The summed E-state index contributed by atoms with van der Waals surface area (Å²) in [7, 11) is -3.47. The van der Waals surface area contributed by atoms with Crippen molar-refractivity contribution in [3.05, 3.63) is 58.3 Å². The predicted octanol–water partition coefficient (Wildman–Crippen LogP) is 3.44. The second kappa shape index (κ2) is 6.52. The van der Waals surface area contributed by atoms with E-state index in [1.165, 1.54) is 0 Å². The van der Waals surface area contributed by atoms with Crippen LogP contribution < -0.4 is 0 Å². The molecule has 2 unspecified atom stereocenters. The van der Waals surface area contributed by atoms with Crippen LogP contribution in [0.5, 0.6) is 0 Å². The zero-order valence-electron chi connectivity index (χ0n) is 11.5. The Morgan fingerprint density at radius 1 is 1.15 bits per heavy atom. The molecule has 0 aliphatic heterocycles. The third kappa shape index (κ3) is 4.44. The van der Waals surface area contributed by atoms with E-state index < -0.39 is 10.1 Å². The van der Waals surface area contributed by atoms with E-state index in [1.807, 2.05) is 54.8 Å². The maximum Gasteiger partial charge on any atom is 0.264 e. The van der Waals surface area contributed by atoms with Gasteiger partial charge in [-0.3, -0.25) is 4.18 Å². The van der Waals surface area contributed by atoms with Gasteiger partial charge in [-0.15, -0.1) is 11.3 Å². The molecular weight excluding hydrogens is 292 g/mol. The Hall–Kier alpha value is -1.17. The Balaban J connectivity index is 2.20. The van der Waals surface area contributed by atoms with Crippen LogP contribution in [0, 0.1) is 0 Å². The zero-order valence-corrected chi connectivity index (χ0v) is 13.2. The Morgan fingerprint density at radius 3 is 2.40 bits per heavy atom. The number of hydrogen-bond donors (Lipinski definition) is 0. The van der Waals surface area contributed by atoms with Gasteiger partial charge in [0.25, 0.3) is 10.1 Å².